The van der Waals surface area contributed by atoms with Crippen LogP contribution >= 0.6 is 0 Å². The fourth-order valence-electron chi connectivity index (χ4n) is 1.80. The third-order valence-corrected chi connectivity index (χ3v) is 2.82. The van der Waals surface area contributed by atoms with Gasteiger partial charge in [-0.15, -0.1) is 5.10 Å². The number of halogens is 3. The predicted octanol–water partition coefficient (Wildman–Crippen LogP) is 2.10. The summed E-state index contributed by atoms with van der Waals surface area (Å²) in [5.41, 5.74) is -0.362. The molecule has 0 radical (unpaired) electrons. The Morgan fingerprint density at radius 3 is 2.68 bits per heavy atom. The van der Waals surface area contributed by atoms with Gasteiger partial charge in [-0.2, -0.15) is 4.98 Å². The second-order valence-corrected chi connectivity index (χ2v) is 4.30. The SMILES string of the molecule is O=C(Nc1nc2ccc(O)cn2n1)c1ccc(F)c(F)c1F. The van der Waals surface area contributed by atoms with E-state index in [0.717, 1.165) is 6.07 Å². The van der Waals surface area contributed by atoms with Crippen LogP contribution in [-0.2, 0) is 0 Å². The van der Waals surface area contributed by atoms with Gasteiger partial charge in [0.15, 0.2) is 23.1 Å². The van der Waals surface area contributed by atoms with Gasteiger partial charge in [-0.05, 0) is 24.3 Å². The molecule has 2 aromatic heterocycles. The molecule has 2 N–H and O–H groups in total. The van der Waals surface area contributed by atoms with Gasteiger partial charge in [0.2, 0.25) is 5.95 Å². The lowest BCUT2D eigenvalue weighted by Crippen LogP contribution is -2.16. The molecule has 0 atom stereocenters. The molecule has 2 heterocycles. The first kappa shape index (κ1) is 13.9. The van der Waals surface area contributed by atoms with E-state index in [2.05, 4.69) is 15.4 Å². The molecule has 0 aliphatic rings. The minimum atomic E-state index is -1.74. The zero-order chi connectivity index (χ0) is 15.9. The maximum atomic E-state index is 13.5. The van der Waals surface area contributed by atoms with Crippen LogP contribution in [-0.4, -0.2) is 25.6 Å². The van der Waals surface area contributed by atoms with Crippen LogP contribution in [0.2, 0.25) is 0 Å². The highest BCUT2D eigenvalue weighted by molar-refractivity contribution is 6.03. The van der Waals surface area contributed by atoms with Crippen molar-refractivity contribution in [2.75, 3.05) is 5.32 Å². The molecule has 22 heavy (non-hydrogen) atoms. The number of nitrogens with zero attached hydrogens (tertiary/aromatic N) is 3. The molecule has 0 aliphatic carbocycles. The molecule has 0 unspecified atom stereocenters. The molecule has 0 spiro atoms. The van der Waals surface area contributed by atoms with Crippen molar-refractivity contribution in [3.8, 4) is 5.75 Å². The second kappa shape index (κ2) is 5.02. The molecular formula is C13H7F3N4O2. The van der Waals surface area contributed by atoms with Gasteiger partial charge in [0.05, 0.1) is 11.8 Å². The number of hydrogen-bond acceptors (Lipinski definition) is 4. The number of carbonyl (C=O) groups is 1. The van der Waals surface area contributed by atoms with Crippen molar-refractivity contribution in [1.82, 2.24) is 14.6 Å². The largest absolute Gasteiger partial charge is 0.506 e. The summed E-state index contributed by atoms with van der Waals surface area (Å²) in [5.74, 6) is -6.01. The molecule has 9 heteroatoms. The molecule has 0 bridgehead atoms. The smallest absolute Gasteiger partial charge is 0.261 e. The van der Waals surface area contributed by atoms with E-state index in [9.17, 15) is 23.1 Å². The van der Waals surface area contributed by atoms with E-state index in [1.165, 1.54) is 22.8 Å². The zero-order valence-corrected chi connectivity index (χ0v) is 10.7. The van der Waals surface area contributed by atoms with E-state index in [-0.39, 0.29) is 11.7 Å². The normalized spacial score (nSPS) is 10.9. The van der Waals surface area contributed by atoms with Crippen molar-refractivity contribution in [3.05, 3.63) is 53.5 Å². The number of aromatic nitrogens is 3. The van der Waals surface area contributed by atoms with Crippen molar-refractivity contribution in [2.24, 2.45) is 0 Å². The van der Waals surface area contributed by atoms with E-state index in [4.69, 9.17) is 0 Å². The monoisotopic (exact) mass is 308 g/mol. The van der Waals surface area contributed by atoms with Crippen LogP contribution in [0.4, 0.5) is 19.1 Å². The minimum Gasteiger partial charge on any atom is -0.506 e. The van der Waals surface area contributed by atoms with Crippen molar-refractivity contribution < 1.29 is 23.1 Å². The molecule has 1 amide bonds. The van der Waals surface area contributed by atoms with Crippen LogP contribution in [0.3, 0.4) is 0 Å². The summed E-state index contributed by atoms with van der Waals surface area (Å²) in [6, 6.07) is 4.26. The average molecular weight is 308 g/mol. The molecule has 0 saturated carbocycles. The molecule has 6 nitrogen and oxygen atoms in total. The van der Waals surface area contributed by atoms with Gasteiger partial charge in [0.25, 0.3) is 5.91 Å². The lowest BCUT2D eigenvalue weighted by Gasteiger charge is -2.03. The van der Waals surface area contributed by atoms with Crippen molar-refractivity contribution in [1.29, 1.82) is 0 Å². The topological polar surface area (TPSA) is 79.5 Å². The number of carbonyl (C=O) groups excluding carboxylic acids is 1. The Balaban J connectivity index is 1.91. The van der Waals surface area contributed by atoms with E-state index in [0.29, 0.717) is 11.7 Å². The number of rotatable bonds is 2. The Morgan fingerprint density at radius 1 is 1.14 bits per heavy atom. The summed E-state index contributed by atoms with van der Waals surface area (Å²) in [6.07, 6.45) is 1.25. The summed E-state index contributed by atoms with van der Waals surface area (Å²) in [6.45, 7) is 0. The van der Waals surface area contributed by atoms with Gasteiger partial charge in [-0.3, -0.25) is 10.1 Å². The summed E-state index contributed by atoms with van der Waals surface area (Å²) in [5, 5.41) is 15.3. The first-order chi connectivity index (χ1) is 10.5. The Kier molecular flexibility index (Phi) is 3.17. The van der Waals surface area contributed by atoms with Gasteiger partial charge in [-0.25, -0.2) is 17.7 Å². The second-order valence-electron chi connectivity index (χ2n) is 4.30. The number of hydrogen-bond donors (Lipinski definition) is 2. The number of pyridine rings is 1. The van der Waals surface area contributed by atoms with Gasteiger partial charge >= 0.3 is 0 Å². The van der Waals surface area contributed by atoms with Gasteiger partial charge in [-0.1, -0.05) is 0 Å². The molecule has 1 aromatic carbocycles. The van der Waals surface area contributed by atoms with Crippen molar-refractivity contribution >= 4 is 17.5 Å². The summed E-state index contributed by atoms with van der Waals surface area (Å²) in [4.78, 5) is 15.8. The molecule has 0 saturated heterocycles. The first-order valence-corrected chi connectivity index (χ1v) is 5.96. The van der Waals surface area contributed by atoms with Crippen molar-refractivity contribution in [2.45, 2.75) is 0 Å². The lowest BCUT2D eigenvalue weighted by atomic mass is 10.2. The fourth-order valence-corrected chi connectivity index (χ4v) is 1.80. The fraction of sp³-hybridized carbons (Fsp3) is 0. The Morgan fingerprint density at radius 2 is 1.91 bits per heavy atom. The third kappa shape index (κ3) is 2.32. The van der Waals surface area contributed by atoms with Crippen LogP contribution in [0.25, 0.3) is 5.65 Å². The molecule has 3 aromatic rings. The maximum Gasteiger partial charge on any atom is 0.261 e. The number of anilines is 1. The number of aromatic hydroxyl groups is 1. The highest BCUT2D eigenvalue weighted by atomic mass is 19.2. The molecular weight excluding hydrogens is 301 g/mol. The minimum absolute atomic E-state index is 0.0677. The van der Waals surface area contributed by atoms with E-state index >= 15 is 0 Å². The van der Waals surface area contributed by atoms with Gasteiger partial charge in [0.1, 0.15) is 5.75 Å². The lowest BCUT2D eigenvalue weighted by molar-refractivity contribution is 0.102. The number of amides is 1. The number of benzene rings is 1. The molecule has 0 fully saturated rings. The highest BCUT2D eigenvalue weighted by Crippen LogP contribution is 2.17. The first-order valence-electron chi connectivity index (χ1n) is 5.96. The van der Waals surface area contributed by atoms with Gasteiger partial charge in [0, 0.05) is 0 Å². The quantitative estimate of drug-likeness (QED) is 0.711. The maximum absolute atomic E-state index is 13.5. The Labute approximate surface area is 120 Å². The number of nitrogens with one attached hydrogen (secondary N) is 1. The van der Waals surface area contributed by atoms with Crippen LogP contribution < -0.4 is 5.32 Å². The standard InChI is InChI=1S/C13H7F3N4O2/c14-8-3-2-7(10(15)11(8)16)12(22)18-13-17-9-4-1-6(21)5-20(9)19-13/h1-5,21H,(H,18,19,22). The van der Waals surface area contributed by atoms with Crippen LogP contribution in [0.5, 0.6) is 5.75 Å². The van der Waals surface area contributed by atoms with Gasteiger partial charge < -0.3 is 5.11 Å². The van der Waals surface area contributed by atoms with Crippen LogP contribution in [0, 0.1) is 17.5 Å². The summed E-state index contributed by atoms with van der Waals surface area (Å²) in [7, 11) is 0. The summed E-state index contributed by atoms with van der Waals surface area (Å²) >= 11 is 0. The molecule has 0 aliphatic heterocycles. The average Bonchev–Trinajstić information content (AvgIpc) is 2.86. The van der Waals surface area contributed by atoms with Crippen LogP contribution in [0.1, 0.15) is 10.4 Å². The highest BCUT2D eigenvalue weighted by Gasteiger charge is 2.20. The zero-order valence-electron chi connectivity index (χ0n) is 10.7. The van der Waals surface area contributed by atoms with E-state index in [1.54, 1.807) is 0 Å². The van der Waals surface area contributed by atoms with E-state index in [1.807, 2.05) is 0 Å². The predicted molar refractivity (Wildman–Crippen MR) is 68.9 cm³/mol. The number of fused-ring (bicyclic) bond motifs is 1. The third-order valence-electron chi connectivity index (χ3n) is 2.82. The molecule has 3 rings (SSSR count). The van der Waals surface area contributed by atoms with Crippen molar-refractivity contribution in [3.63, 3.8) is 0 Å². The Bertz CT molecular complexity index is 894. The van der Waals surface area contributed by atoms with Crippen LogP contribution in [0.15, 0.2) is 30.5 Å². The summed E-state index contributed by atoms with van der Waals surface area (Å²) < 4.78 is 40.6. The van der Waals surface area contributed by atoms with E-state index < -0.39 is 28.9 Å². The molecule has 112 valence electrons. The Hall–Kier alpha value is -3.10.